The fourth-order valence-electron chi connectivity index (χ4n) is 2.02. The van der Waals surface area contributed by atoms with Crippen LogP contribution in [0.1, 0.15) is 12.5 Å². The van der Waals surface area contributed by atoms with E-state index in [2.05, 4.69) is 0 Å². The highest BCUT2D eigenvalue weighted by Gasteiger charge is 2.34. The lowest BCUT2D eigenvalue weighted by Gasteiger charge is -2.25. The van der Waals surface area contributed by atoms with E-state index in [0.29, 0.717) is 6.42 Å². The highest BCUT2D eigenvalue weighted by molar-refractivity contribution is 8.77. The molecule has 6 heteroatoms. The van der Waals surface area contributed by atoms with Crippen LogP contribution in [0.5, 0.6) is 5.75 Å². The minimum atomic E-state index is -0.791. The van der Waals surface area contributed by atoms with Gasteiger partial charge in [-0.05, 0) is 43.2 Å². The Hall–Kier alpha value is -1.63. The Morgan fingerprint density at radius 2 is 1.83 bits per heavy atom. The molecular weight excluding hydrogens is 330 g/mol. The van der Waals surface area contributed by atoms with Crippen LogP contribution in [0.2, 0.25) is 0 Å². The van der Waals surface area contributed by atoms with Crippen LogP contribution in [0, 0.1) is 0 Å². The highest BCUT2D eigenvalue weighted by Crippen LogP contribution is 2.43. The Morgan fingerprint density at radius 3 is 2.39 bits per heavy atom. The van der Waals surface area contributed by atoms with Crippen LogP contribution in [-0.2, 0) is 11.2 Å². The maximum absolute atomic E-state index is 12.1. The van der Waals surface area contributed by atoms with Crippen molar-refractivity contribution in [3.63, 3.8) is 0 Å². The molecule has 0 aliphatic carbocycles. The summed E-state index contributed by atoms with van der Waals surface area (Å²) >= 11 is 0. The van der Waals surface area contributed by atoms with Gasteiger partial charge in [-0.3, -0.25) is 10.0 Å². The lowest BCUT2D eigenvalue weighted by atomic mass is 10.00. The SMILES string of the molecule is COc1ccc(SSC(C)(Cc2ccccc2)C(=O)NO)cc1. The first kappa shape index (κ1) is 17.7. The molecule has 0 fully saturated rings. The molecule has 0 bridgehead atoms. The molecule has 4 nitrogen and oxygen atoms in total. The molecule has 0 spiro atoms. The summed E-state index contributed by atoms with van der Waals surface area (Å²) in [7, 11) is 4.54. The molecule has 0 saturated carbocycles. The molecule has 2 aromatic carbocycles. The van der Waals surface area contributed by atoms with Crippen LogP contribution in [0.3, 0.4) is 0 Å². The van der Waals surface area contributed by atoms with Gasteiger partial charge in [-0.2, -0.15) is 0 Å². The average molecular weight is 349 g/mol. The van der Waals surface area contributed by atoms with E-state index in [0.717, 1.165) is 16.2 Å². The van der Waals surface area contributed by atoms with Crippen molar-refractivity contribution in [2.75, 3.05) is 7.11 Å². The number of ether oxygens (including phenoxy) is 1. The zero-order valence-electron chi connectivity index (χ0n) is 13.0. The van der Waals surface area contributed by atoms with Crippen molar-refractivity contribution in [2.24, 2.45) is 0 Å². The molecule has 0 aromatic heterocycles. The Labute approximate surface area is 144 Å². The molecule has 0 saturated heterocycles. The Balaban J connectivity index is 2.09. The fraction of sp³-hybridized carbons (Fsp3) is 0.235. The van der Waals surface area contributed by atoms with Crippen molar-refractivity contribution in [1.29, 1.82) is 0 Å². The molecule has 122 valence electrons. The fourth-order valence-corrected chi connectivity index (χ4v) is 4.47. The number of hydrogen-bond donors (Lipinski definition) is 2. The predicted molar refractivity (Wildman–Crippen MR) is 94.9 cm³/mol. The smallest absolute Gasteiger partial charge is 0.260 e. The third-order valence-corrected chi connectivity index (χ3v) is 6.52. The molecule has 0 aliphatic rings. The Morgan fingerprint density at radius 1 is 1.17 bits per heavy atom. The quantitative estimate of drug-likeness (QED) is 0.450. The van der Waals surface area contributed by atoms with E-state index in [1.54, 1.807) is 12.6 Å². The summed E-state index contributed by atoms with van der Waals surface area (Å²) in [4.78, 5) is 13.2. The van der Waals surface area contributed by atoms with E-state index in [1.165, 1.54) is 21.6 Å². The standard InChI is InChI=1S/C17H19NO3S2/c1-17(16(19)18-20,12-13-6-4-3-5-7-13)23-22-15-10-8-14(21-2)9-11-15/h3-11,20H,12H2,1-2H3,(H,18,19). The van der Waals surface area contributed by atoms with E-state index in [4.69, 9.17) is 9.94 Å². The van der Waals surface area contributed by atoms with Crippen LogP contribution < -0.4 is 10.2 Å². The van der Waals surface area contributed by atoms with Gasteiger partial charge in [-0.15, -0.1) is 0 Å². The van der Waals surface area contributed by atoms with E-state index >= 15 is 0 Å². The van der Waals surface area contributed by atoms with E-state index < -0.39 is 10.7 Å². The van der Waals surface area contributed by atoms with Crippen molar-refractivity contribution < 1.29 is 14.7 Å². The number of methoxy groups -OCH3 is 1. The lowest BCUT2D eigenvalue weighted by Crippen LogP contribution is -2.41. The second-order valence-electron chi connectivity index (χ2n) is 5.18. The Kier molecular flexibility index (Phi) is 6.38. The molecule has 0 radical (unpaired) electrons. The molecule has 2 aromatic rings. The minimum Gasteiger partial charge on any atom is -0.497 e. The molecule has 1 atom stereocenters. The number of hydrogen-bond acceptors (Lipinski definition) is 5. The molecule has 1 amide bonds. The number of benzene rings is 2. The molecular formula is C17H19NO3S2. The molecule has 0 heterocycles. The zero-order valence-corrected chi connectivity index (χ0v) is 14.6. The first-order valence-electron chi connectivity index (χ1n) is 7.05. The van der Waals surface area contributed by atoms with Gasteiger partial charge in [0.2, 0.25) is 0 Å². The minimum absolute atomic E-state index is 0.410. The van der Waals surface area contributed by atoms with Gasteiger partial charge >= 0.3 is 0 Å². The number of nitrogens with one attached hydrogen (secondary N) is 1. The summed E-state index contributed by atoms with van der Waals surface area (Å²) in [6.07, 6.45) is 0.522. The van der Waals surface area contributed by atoms with Gasteiger partial charge in [-0.1, -0.05) is 51.9 Å². The number of carbonyl (C=O) groups excluding carboxylic acids is 1. The van der Waals surface area contributed by atoms with Crippen LogP contribution >= 0.6 is 21.6 Å². The van der Waals surface area contributed by atoms with Gasteiger partial charge in [0.1, 0.15) is 10.5 Å². The molecule has 23 heavy (non-hydrogen) atoms. The van der Waals surface area contributed by atoms with Crippen molar-refractivity contribution in [3.8, 4) is 5.75 Å². The third kappa shape index (κ3) is 4.92. The van der Waals surface area contributed by atoms with E-state index in [-0.39, 0.29) is 0 Å². The summed E-state index contributed by atoms with van der Waals surface area (Å²) in [5, 5.41) is 9.08. The number of carbonyl (C=O) groups is 1. The first-order chi connectivity index (χ1) is 11.1. The van der Waals surface area contributed by atoms with E-state index in [9.17, 15) is 4.79 Å². The summed E-state index contributed by atoms with van der Waals surface area (Å²) in [5.74, 6) is 0.381. The van der Waals surface area contributed by atoms with Gasteiger partial charge in [0.15, 0.2) is 0 Å². The topological polar surface area (TPSA) is 58.6 Å². The normalized spacial score (nSPS) is 13.2. The van der Waals surface area contributed by atoms with Crippen molar-refractivity contribution in [3.05, 3.63) is 60.2 Å². The van der Waals surface area contributed by atoms with Gasteiger partial charge in [0.05, 0.1) is 7.11 Å². The van der Waals surface area contributed by atoms with Crippen molar-refractivity contribution in [1.82, 2.24) is 5.48 Å². The van der Waals surface area contributed by atoms with Gasteiger partial charge in [0, 0.05) is 4.90 Å². The average Bonchev–Trinajstić information content (AvgIpc) is 2.60. The number of rotatable bonds is 7. The maximum atomic E-state index is 12.1. The zero-order chi connectivity index (χ0) is 16.7. The maximum Gasteiger partial charge on any atom is 0.260 e. The van der Waals surface area contributed by atoms with E-state index in [1.807, 2.05) is 61.5 Å². The molecule has 1 unspecified atom stereocenters. The summed E-state index contributed by atoms with van der Waals surface area (Å²) < 4.78 is 4.35. The highest BCUT2D eigenvalue weighted by atomic mass is 33.1. The second-order valence-corrected chi connectivity index (χ2v) is 7.88. The summed E-state index contributed by atoms with van der Waals surface area (Å²) in [5.41, 5.74) is 2.83. The van der Waals surface area contributed by atoms with Crippen LogP contribution in [0.4, 0.5) is 0 Å². The molecule has 2 N–H and O–H groups in total. The first-order valence-corrected chi connectivity index (χ1v) is 9.20. The second kappa shape index (κ2) is 8.29. The van der Waals surface area contributed by atoms with Crippen LogP contribution in [0.25, 0.3) is 0 Å². The molecule has 2 rings (SSSR count). The van der Waals surface area contributed by atoms with Crippen LogP contribution in [-0.4, -0.2) is 23.0 Å². The monoisotopic (exact) mass is 349 g/mol. The van der Waals surface area contributed by atoms with Gasteiger partial charge in [-0.25, -0.2) is 5.48 Å². The predicted octanol–water partition coefficient (Wildman–Crippen LogP) is 3.94. The third-order valence-electron chi connectivity index (χ3n) is 3.35. The largest absolute Gasteiger partial charge is 0.497 e. The van der Waals surface area contributed by atoms with Gasteiger partial charge < -0.3 is 4.74 Å². The summed E-state index contributed by atoms with van der Waals surface area (Å²) in [6.45, 7) is 1.83. The number of hydroxylamine groups is 1. The summed E-state index contributed by atoms with van der Waals surface area (Å²) in [6, 6.07) is 17.4. The van der Waals surface area contributed by atoms with Crippen molar-refractivity contribution >= 4 is 27.5 Å². The number of amides is 1. The Bertz CT molecular complexity index is 634. The lowest BCUT2D eigenvalue weighted by molar-refractivity contribution is -0.131. The molecule has 0 aliphatic heterocycles. The van der Waals surface area contributed by atoms with Crippen molar-refractivity contribution in [2.45, 2.75) is 23.0 Å². The van der Waals surface area contributed by atoms with Gasteiger partial charge in [0.25, 0.3) is 5.91 Å². The van der Waals surface area contributed by atoms with Crippen LogP contribution in [0.15, 0.2) is 59.5 Å².